The van der Waals surface area contributed by atoms with E-state index in [9.17, 15) is 14.0 Å². The van der Waals surface area contributed by atoms with Crippen LogP contribution in [-0.2, 0) is 22.6 Å². The predicted octanol–water partition coefficient (Wildman–Crippen LogP) is 4.40. The van der Waals surface area contributed by atoms with Crippen LogP contribution in [0.3, 0.4) is 0 Å². The van der Waals surface area contributed by atoms with E-state index in [2.05, 4.69) is 5.32 Å². The van der Waals surface area contributed by atoms with Crippen LogP contribution >= 0.6 is 0 Å². The molecule has 0 aromatic heterocycles. The zero-order valence-corrected chi connectivity index (χ0v) is 18.0. The number of hydrogen-bond donors (Lipinski definition) is 1. The van der Waals surface area contributed by atoms with E-state index in [4.69, 9.17) is 0 Å². The molecule has 0 heterocycles. The molecule has 4 nitrogen and oxygen atoms in total. The molecule has 0 aliphatic rings. The Morgan fingerprint density at radius 2 is 1.72 bits per heavy atom. The van der Waals surface area contributed by atoms with E-state index in [1.165, 1.54) is 12.1 Å². The van der Waals surface area contributed by atoms with E-state index in [0.717, 1.165) is 16.7 Å². The SMILES string of the molecule is CC[C@@H](C(=O)NC(C)(C)C)N(Cc1ccc(F)cc1)C(=O)Cc1cccc(C)c1. The molecule has 2 amide bonds. The van der Waals surface area contributed by atoms with Gasteiger partial charge in [-0.2, -0.15) is 0 Å². The molecular formula is C24H31FN2O2. The fourth-order valence-electron chi connectivity index (χ4n) is 3.26. The number of rotatable bonds is 7. The second kappa shape index (κ2) is 9.68. The smallest absolute Gasteiger partial charge is 0.243 e. The second-order valence-electron chi connectivity index (χ2n) is 8.48. The molecular weight excluding hydrogens is 367 g/mol. The number of aryl methyl sites for hydroxylation is 1. The normalized spacial score (nSPS) is 12.3. The van der Waals surface area contributed by atoms with Gasteiger partial charge in [0, 0.05) is 12.1 Å². The zero-order chi connectivity index (χ0) is 21.6. The number of nitrogens with zero attached hydrogens (tertiary/aromatic N) is 1. The molecule has 0 radical (unpaired) electrons. The maximum Gasteiger partial charge on any atom is 0.243 e. The number of carbonyl (C=O) groups is 2. The molecule has 0 spiro atoms. The monoisotopic (exact) mass is 398 g/mol. The summed E-state index contributed by atoms with van der Waals surface area (Å²) in [6.45, 7) is 9.87. The van der Waals surface area contributed by atoms with Crippen LogP contribution in [0.15, 0.2) is 48.5 Å². The van der Waals surface area contributed by atoms with Gasteiger partial charge in [0.2, 0.25) is 11.8 Å². The Labute approximate surface area is 173 Å². The first kappa shape index (κ1) is 22.6. The molecule has 29 heavy (non-hydrogen) atoms. The zero-order valence-electron chi connectivity index (χ0n) is 18.0. The number of halogens is 1. The average molecular weight is 399 g/mol. The Morgan fingerprint density at radius 3 is 2.28 bits per heavy atom. The van der Waals surface area contributed by atoms with E-state index < -0.39 is 11.6 Å². The maximum atomic E-state index is 13.3. The Hall–Kier alpha value is -2.69. The van der Waals surface area contributed by atoms with Crippen molar-refractivity contribution in [3.05, 3.63) is 71.0 Å². The lowest BCUT2D eigenvalue weighted by Gasteiger charge is -2.33. The van der Waals surface area contributed by atoms with Gasteiger partial charge in [-0.25, -0.2) is 4.39 Å². The Bertz CT molecular complexity index is 841. The lowest BCUT2D eigenvalue weighted by atomic mass is 10.0. The first-order valence-electron chi connectivity index (χ1n) is 10.0. The van der Waals surface area contributed by atoms with Gasteiger partial charge in [-0.3, -0.25) is 9.59 Å². The molecule has 2 rings (SSSR count). The highest BCUT2D eigenvalue weighted by atomic mass is 19.1. The largest absolute Gasteiger partial charge is 0.350 e. The van der Waals surface area contributed by atoms with Crippen molar-refractivity contribution in [2.24, 2.45) is 0 Å². The first-order valence-corrected chi connectivity index (χ1v) is 10.0. The topological polar surface area (TPSA) is 49.4 Å². The fourth-order valence-corrected chi connectivity index (χ4v) is 3.26. The summed E-state index contributed by atoms with van der Waals surface area (Å²) in [5.74, 6) is -0.639. The van der Waals surface area contributed by atoms with Gasteiger partial charge in [0.25, 0.3) is 0 Å². The Morgan fingerprint density at radius 1 is 1.07 bits per heavy atom. The third-order valence-electron chi connectivity index (χ3n) is 4.59. The van der Waals surface area contributed by atoms with Crippen molar-refractivity contribution in [3.63, 3.8) is 0 Å². The highest BCUT2D eigenvalue weighted by Gasteiger charge is 2.30. The maximum absolute atomic E-state index is 13.3. The molecule has 0 saturated carbocycles. The molecule has 156 valence electrons. The molecule has 2 aromatic carbocycles. The van der Waals surface area contributed by atoms with E-state index in [1.807, 2.05) is 58.9 Å². The molecule has 0 saturated heterocycles. The lowest BCUT2D eigenvalue weighted by molar-refractivity contribution is -0.141. The second-order valence-corrected chi connectivity index (χ2v) is 8.48. The molecule has 0 aliphatic carbocycles. The van der Waals surface area contributed by atoms with E-state index in [0.29, 0.717) is 6.42 Å². The minimum absolute atomic E-state index is 0.129. The molecule has 0 bridgehead atoms. The van der Waals surface area contributed by atoms with Crippen LogP contribution in [0.25, 0.3) is 0 Å². The summed E-state index contributed by atoms with van der Waals surface area (Å²) in [4.78, 5) is 27.8. The molecule has 1 N–H and O–H groups in total. The van der Waals surface area contributed by atoms with Crippen molar-refractivity contribution in [3.8, 4) is 0 Å². The van der Waals surface area contributed by atoms with Crippen molar-refractivity contribution in [2.75, 3.05) is 0 Å². The third-order valence-corrected chi connectivity index (χ3v) is 4.59. The first-order chi connectivity index (χ1) is 13.6. The number of benzene rings is 2. The number of nitrogens with one attached hydrogen (secondary N) is 1. The van der Waals surface area contributed by atoms with Crippen LogP contribution < -0.4 is 5.32 Å². The summed E-state index contributed by atoms with van der Waals surface area (Å²) in [6.07, 6.45) is 0.699. The van der Waals surface area contributed by atoms with Crippen molar-refractivity contribution in [1.82, 2.24) is 10.2 Å². The number of amides is 2. The molecule has 0 unspecified atom stereocenters. The standard InChI is InChI=1S/C24H31FN2O2/c1-6-21(23(29)26-24(3,4)5)27(16-18-10-12-20(25)13-11-18)22(28)15-19-9-7-8-17(2)14-19/h7-14,21H,6,15-16H2,1-5H3,(H,26,29)/t21-/m0/s1. The van der Waals surface area contributed by atoms with Crippen LogP contribution in [-0.4, -0.2) is 28.3 Å². The molecule has 0 aliphatic heterocycles. The van der Waals surface area contributed by atoms with Gasteiger partial charge < -0.3 is 10.2 Å². The van der Waals surface area contributed by atoms with Gasteiger partial charge in [0.05, 0.1) is 6.42 Å². The fraction of sp³-hybridized carbons (Fsp3) is 0.417. The summed E-state index contributed by atoms with van der Waals surface area (Å²) < 4.78 is 13.3. The van der Waals surface area contributed by atoms with Crippen molar-refractivity contribution < 1.29 is 14.0 Å². The Kier molecular flexibility index (Phi) is 7.54. The van der Waals surface area contributed by atoms with Crippen molar-refractivity contribution in [1.29, 1.82) is 0 Å². The summed E-state index contributed by atoms with van der Waals surface area (Å²) in [6, 6.07) is 13.2. The van der Waals surface area contributed by atoms with Gasteiger partial charge in [-0.1, -0.05) is 48.9 Å². The van der Waals surface area contributed by atoms with Gasteiger partial charge >= 0.3 is 0 Å². The highest BCUT2D eigenvalue weighted by molar-refractivity contribution is 5.88. The van der Waals surface area contributed by atoms with Crippen LogP contribution in [0.1, 0.15) is 50.8 Å². The average Bonchev–Trinajstić information content (AvgIpc) is 2.61. The summed E-state index contributed by atoms with van der Waals surface area (Å²) >= 11 is 0. The number of carbonyl (C=O) groups excluding carboxylic acids is 2. The summed E-state index contributed by atoms with van der Waals surface area (Å²) in [7, 11) is 0. The summed E-state index contributed by atoms with van der Waals surface area (Å²) in [5.41, 5.74) is 2.38. The molecule has 5 heteroatoms. The highest BCUT2D eigenvalue weighted by Crippen LogP contribution is 2.16. The quantitative estimate of drug-likeness (QED) is 0.752. The van der Waals surface area contributed by atoms with Crippen LogP contribution in [0, 0.1) is 12.7 Å². The minimum atomic E-state index is -0.600. The van der Waals surface area contributed by atoms with Gasteiger partial charge in [-0.05, 0) is 57.4 Å². The van der Waals surface area contributed by atoms with Gasteiger partial charge in [0.15, 0.2) is 0 Å². The predicted molar refractivity (Wildman–Crippen MR) is 114 cm³/mol. The minimum Gasteiger partial charge on any atom is -0.350 e. The molecule has 1 atom stereocenters. The molecule has 0 fully saturated rings. The van der Waals surface area contributed by atoms with Gasteiger partial charge in [0.1, 0.15) is 11.9 Å². The van der Waals surface area contributed by atoms with E-state index >= 15 is 0 Å². The lowest BCUT2D eigenvalue weighted by Crippen LogP contribution is -2.53. The van der Waals surface area contributed by atoms with Crippen molar-refractivity contribution >= 4 is 11.8 Å². The van der Waals surface area contributed by atoms with E-state index in [-0.39, 0.29) is 30.6 Å². The number of hydrogen-bond acceptors (Lipinski definition) is 2. The van der Waals surface area contributed by atoms with Gasteiger partial charge in [-0.15, -0.1) is 0 Å². The van der Waals surface area contributed by atoms with Crippen LogP contribution in [0.5, 0.6) is 0 Å². The van der Waals surface area contributed by atoms with E-state index in [1.54, 1.807) is 17.0 Å². The Balaban J connectivity index is 2.30. The molecule has 2 aromatic rings. The van der Waals surface area contributed by atoms with Crippen molar-refractivity contribution in [2.45, 2.75) is 65.6 Å². The summed E-state index contributed by atoms with van der Waals surface area (Å²) in [5, 5.41) is 2.98. The van der Waals surface area contributed by atoms with Crippen LogP contribution in [0.4, 0.5) is 4.39 Å². The van der Waals surface area contributed by atoms with Crippen LogP contribution in [0.2, 0.25) is 0 Å². The third kappa shape index (κ3) is 7.00.